The highest BCUT2D eigenvalue weighted by Crippen LogP contribution is 2.42. The van der Waals surface area contributed by atoms with Crippen LogP contribution >= 0.6 is 11.8 Å². The summed E-state index contributed by atoms with van der Waals surface area (Å²) in [5, 5.41) is 10.1. The van der Waals surface area contributed by atoms with Crippen LogP contribution in [0.4, 0.5) is 0 Å². The van der Waals surface area contributed by atoms with Gasteiger partial charge in [0.25, 0.3) is 0 Å². The van der Waals surface area contributed by atoms with E-state index in [1.807, 2.05) is 18.2 Å². The molecule has 0 heterocycles. The molecule has 1 aromatic rings. The second-order valence-corrected chi connectivity index (χ2v) is 5.00. The Morgan fingerprint density at radius 1 is 1.08 bits per heavy atom. The smallest absolute Gasteiger partial charge is 0.114 e. The van der Waals surface area contributed by atoms with E-state index >= 15 is 0 Å². The van der Waals surface area contributed by atoms with Gasteiger partial charge >= 0.3 is 0 Å². The quantitative estimate of drug-likeness (QED) is 0.730. The summed E-state index contributed by atoms with van der Waals surface area (Å²) in [6, 6.07) is 10.1. The summed E-state index contributed by atoms with van der Waals surface area (Å²) in [5.74, 6) is 0. The van der Waals surface area contributed by atoms with E-state index in [4.69, 9.17) is 0 Å². The first-order valence-corrected chi connectivity index (χ1v) is 5.57. The highest BCUT2D eigenvalue weighted by molar-refractivity contribution is 8.00. The molecule has 70 valence electrons. The van der Waals surface area contributed by atoms with Gasteiger partial charge in [0.1, 0.15) is 4.93 Å². The molecule has 1 nitrogen and oxygen atoms in total. The summed E-state index contributed by atoms with van der Waals surface area (Å²) in [4.78, 5) is 0.688. The maximum atomic E-state index is 10.1. The SMILES string of the molecule is OC1(Sc2ccccc2)CCCC1. The average molecular weight is 194 g/mol. The largest absolute Gasteiger partial charge is 0.379 e. The van der Waals surface area contributed by atoms with Gasteiger partial charge in [0.15, 0.2) is 0 Å². The van der Waals surface area contributed by atoms with Crippen molar-refractivity contribution in [2.45, 2.75) is 35.5 Å². The van der Waals surface area contributed by atoms with E-state index in [9.17, 15) is 5.11 Å². The van der Waals surface area contributed by atoms with Crippen LogP contribution in [0, 0.1) is 0 Å². The summed E-state index contributed by atoms with van der Waals surface area (Å²) >= 11 is 1.61. The summed E-state index contributed by atoms with van der Waals surface area (Å²) < 4.78 is 0. The van der Waals surface area contributed by atoms with Crippen LogP contribution in [-0.4, -0.2) is 10.0 Å². The molecule has 0 atom stereocenters. The minimum atomic E-state index is -0.485. The zero-order valence-electron chi connectivity index (χ0n) is 7.57. The third kappa shape index (κ3) is 2.26. The van der Waals surface area contributed by atoms with Crippen LogP contribution < -0.4 is 0 Å². The standard InChI is InChI=1S/C11H14OS/c12-11(8-4-5-9-11)13-10-6-2-1-3-7-10/h1-3,6-7,12H,4-5,8-9H2. The van der Waals surface area contributed by atoms with Gasteiger partial charge in [-0.25, -0.2) is 0 Å². The van der Waals surface area contributed by atoms with Crippen molar-refractivity contribution in [3.8, 4) is 0 Å². The lowest BCUT2D eigenvalue weighted by Gasteiger charge is -2.20. The third-order valence-corrected chi connectivity index (χ3v) is 3.73. The van der Waals surface area contributed by atoms with E-state index in [0.29, 0.717) is 0 Å². The van der Waals surface area contributed by atoms with Crippen molar-refractivity contribution >= 4 is 11.8 Å². The molecule has 0 bridgehead atoms. The molecule has 0 spiro atoms. The van der Waals surface area contributed by atoms with Gasteiger partial charge < -0.3 is 5.11 Å². The number of benzene rings is 1. The minimum Gasteiger partial charge on any atom is -0.379 e. The number of rotatable bonds is 2. The lowest BCUT2D eigenvalue weighted by Crippen LogP contribution is -2.17. The number of aliphatic hydroxyl groups is 1. The molecule has 2 rings (SSSR count). The van der Waals surface area contributed by atoms with Crippen LogP contribution in [0.15, 0.2) is 35.2 Å². The molecule has 0 aliphatic heterocycles. The zero-order valence-corrected chi connectivity index (χ0v) is 8.39. The molecule has 0 radical (unpaired) electrons. The molecule has 13 heavy (non-hydrogen) atoms. The lowest BCUT2D eigenvalue weighted by molar-refractivity contribution is 0.145. The van der Waals surface area contributed by atoms with E-state index < -0.39 is 4.93 Å². The molecule has 0 aromatic heterocycles. The lowest BCUT2D eigenvalue weighted by atomic mass is 10.3. The molecule has 0 saturated heterocycles. The van der Waals surface area contributed by atoms with Gasteiger partial charge in [-0.15, -0.1) is 0 Å². The van der Waals surface area contributed by atoms with Gasteiger partial charge in [0, 0.05) is 4.90 Å². The van der Waals surface area contributed by atoms with Crippen molar-refractivity contribution in [2.75, 3.05) is 0 Å². The third-order valence-electron chi connectivity index (χ3n) is 2.44. The van der Waals surface area contributed by atoms with Crippen molar-refractivity contribution in [1.82, 2.24) is 0 Å². The maximum absolute atomic E-state index is 10.1. The first-order valence-electron chi connectivity index (χ1n) is 4.75. The Kier molecular flexibility index (Phi) is 2.61. The van der Waals surface area contributed by atoms with Crippen LogP contribution in [0.3, 0.4) is 0 Å². The fourth-order valence-corrected chi connectivity index (χ4v) is 2.96. The molecule has 1 saturated carbocycles. The summed E-state index contributed by atoms with van der Waals surface area (Å²) in [5.41, 5.74) is 0. The van der Waals surface area contributed by atoms with E-state index in [0.717, 1.165) is 25.7 Å². The second-order valence-electron chi connectivity index (χ2n) is 3.57. The van der Waals surface area contributed by atoms with Crippen molar-refractivity contribution < 1.29 is 5.11 Å². The number of hydrogen-bond acceptors (Lipinski definition) is 2. The van der Waals surface area contributed by atoms with E-state index in [-0.39, 0.29) is 0 Å². The Labute approximate surface area is 83.2 Å². The number of hydrogen-bond donors (Lipinski definition) is 1. The van der Waals surface area contributed by atoms with Crippen molar-refractivity contribution in [2.24, 2.45) is 0 Å². The van der Waals surface area contributed by atoms with Gasteiger partial charge in [-0.1, -0.05) is 30.0 Å². The Bertz CT molecular complexity index is 265. The summed E-state index contributed by atoms with van der Waals surface area (Å²) in [6.07, 6.45) is 4.20. The predicted molar refractivity (Wildman–Crippen MR) is 55.7 cm³/mol. The highest BCUT2D eigenvalue weighted by atomic mass is 32.2. The molecule has 1 aliphatic carbocycles. The maximum Gasteiger partial charge on any atom is 0.114 e. The van der Waals surface area contributed by atoms with Gasteiger partial charge in [-0.2, -0.15) is 0 Å². The van der Waals surface area contributed by atoms with Crippen LogP contribution in [0.1, 0.15) is 25.7 Å². The van der Waals surface area contributed by atoms with Crippen molar-refractivity contribution in [3.63, 3.8) is 0 Å². The molecular formula is C11H14OS. The van der Waals surface area contributed by atoms with Crippen LogP contribution in [0.25, 0.3) is 0 Å². The fraction of sp³-hybridized carbons (Fsp3) is 0.455. The molecule has 1 N–H and O–H groups in total. The summed E-state index contributed by atoms with van der Waals surface area (Å²) in [6.45, 7) is 0. The fourth-order valence-electron chi connectivity index (χ4n) is 1.74. The van der Waals surface area contributed by atoms with E-state index in [1.165, 1.54) is 4.90 Å². The second kappa shape index (κ2) is 3.72. The first-order chi connectivity index (χ1) is 6.29. The van der Waals surface area contributed by atoms with Crippen LogP contribution in [0.2, 0.25) is 0 Å². The molecule has 2 heteroatoms. The Balaban J connectivity index is 2.05. The van der Waals surface area contributed by atoms with Crippen molar-refractivity contribution in [3.05, 3.63) is 30.3 Å². The highest BCUT2D eigenvalue weighted by Gasteiger charge is 2.31. The topological polar surface area (TPSA) is 20.2 Å². The minimum absolute atomic E-state index is 0.485. The Hall–Kier alpha value is -0.470. The zero-order chi connectivity index (χ0) is 9.15. The summed E-state index contributed by atoms with van der Waals surface area (Å²) in [7, 11) is 0. The molecule has 0 unspecified atom stereocenters. The van der Waals surface area contributed by atoms with Crippen LogP contribution in [0.5, 0.6) is 0 Å². The molecule has 0 amide bonds. The van der Waals surface area contributed by atoms with E-state index in [2.05, 4.69) is 12.1 Å². The predicted octanol–water partition coefficient (Wildman–Crippen LogP) is 3.04. The molecular weight excluding hydrogens is 180 g/mol. The van der Waals surface area contributed by atoms with Crippen molar-refractivity contribution in [1.29, 1.82) is 0 Å². The molecule has 1 fully saturated rings. The molecule has 1 aromatic carbocycles. The van der Waals surface area contributed by atoms with Gasteiger partial charge in [0.05, 0.1) is 0 Å². The monoisotopic (exact) mass is 194 g/mol. The number of thioether (sulfide) groups is 1. The molecule has 1 aliphatic rings. The normalized spacial score (nSPS) is 20.4. The van der Waals surface area contributed by atoms with Gasteiger partial charge in [-0.3, -0.25) is 0 Å². The Morgan fingerprint density at radius 3 is 2.31 bits per heavy atom. The van der Waals surface area contributed by atoms with Crippen LogP contribution in [-0.2, 0) is 0 Å². The van der Waals surface area contributed by atoms with E-state index in [1.54, 1.807) is 11.8 Å². The first kappa shape index (κ1) is 9.10. The average Bonchev–Trinajstić information content (AvgIpc) is 2.54. The van der Waals surface area contributed by atoms with Gasteiger partial charge in [0.2, 0.25) is 0 Å². The Morgan fingerprint density at radius 2 is 1.69 bits per heavy atom. The van der Waals surface area contributed by atoms with Gasteiger partial charge in [-0.05, 0) is 37.8 Å².